The molecule has 1 aromatic heterocycles. The fourth-order valence-electron chi connectivity index (χ4n) is 1.75. The van der Waals surface area contributed by atoms with Crippen LogP contribution in [-0.4, -0.2) is 18.2 Å². The summed E-state index contributed by atoms with van der Waals surface area (Å²) in [6, 6.07) is 12.0. The maximum atomic E-state index is 5.69. The van der Waals surface area contributed by atoms with Gasteiger partial charge in [-0.3, -0.25) is 4.98 Å². The van der Waals surface area contributed by atoms with E-state index >= 15 is 0 Å². The Hall–Kier alpha value is -1.87. The molecule has 0 unspecified atom stereocenters. The van der Waals surface area contributed by atoms with E-state index in [4.69, 9.17) is 9.47 Å². The minimum atomic E-state index is 0.553. The summed E-state index contributed by atoms with van der Waals surface area (Å²) >= 11 is 0. The fourth-order valence-corrected chi connectivity index (χ4v) is 1.75. The zero-order valence-corrected chi connectivity index (χ0v) is 11.4. The van der Waals surface area contributed by atoms with Gasteiger partial charge in [0.1, 0.15) is 12.4 Å². The van der Waals surface area contributed by atoms with Crippen molar-refractivity contribution in [2.24, 2.45) is 0 Å². The molecular formula is C16H19NO2. The van der Waals surface area contributed by atoms with E-state index in [-0.39, 0.29) is 0 Å². The molecule has 0 N–H and O–H groups in total. The topological polar surface area (TPSA) is 31.4 Å². The van der Waals surface area contributed by atoms with Gasteiger partial charge in [0.05, 0.1) is 13.2 Å². The molecule has 0 fully saturated rings. The van der Waals surface area contributed by atoms with Gasteiger partial charge in [-0.1, -0.05) is 30.3 Å². The largest absolute Gasteiger partial charge is 0.491 e. The summed E-state index contributed by atoms with van der Waals surface area (Å²) < 4.78 is 11.3. The first-order chi connectivity index (χ1) is 9.27. The highest BCUT2D eigenvalue weighted by molar-refractivity contribution is 5.33. The first-order valence-corrected chi connectivity index (χ1v) is 6.44. The zero-order chi connectivity index (χ0) is 13.5. The number of benzene rings is 1. The summed E-state index contributed by atoms with van der Waals surface area (Å²) in [6.45, 7) is 5.75. The molecule has 0 saturated heterocycles. The molecule has 0 aliphatic rings. The minimum absolute atomic E-state index is 0.553. The molecule has 19 heavy (non-hydrogen) atoms. The van der Waals surface area contributed by atoms with Crippen molar-refractivity contribution in [3.63, 3.8) is 0 Å². The quantitative estimate of drug-likeness (QED) is 0.744. The lowest BCUT2D eigenvalue weighted by Gasteiger charge is -2.10. The molecule has 0 spiro atoms. The van der Waals surface area contributed by atoms with Crippen LogP contribution in [0.4, 0.5) is 0 Å². The van der Waals surface area contributed by atoms with Crippen LogP contribution in [0.1, 0.15) is 16.8 Å². The number of rotatable bonds is 6. The molecule has 0 radical (unpaired) electrons. The predicted molar refractivity (Wildman–Crippen MR) is 75.3 cm³/mol. The van der Waals surface area contributed by atoms with Crippen LogP contribution in [-0.2, 0) is 11.3 Å². The van der Waals surface area contributed by atoms with E-state index in [9.17, 15) is 0 Å². The van der Waals surface area contributed by atoms with E-state index in [1.807, 2.05) is 38.1 Å². The van der Waals surface area contributed by atoms with Crippen LogP contribution in [0.5, 0.6) is 5.75 Å². The number of aromatic nitrogens is 1. The molecule has 0 amide bonds. The number of pyridine rings is 1. The summed E-state index contributed by atoms with van der Waals surface area (Å²) in [4.78, 5) is 4.21. The zero-order valence-electron chi connectivity index (χ0n) is 11.4. The molecule has 2 aromatic rings. The van der Waals surface area contributed by atoms with E-state index in [1.165, 1.54) is 5.56 Å². The molecule has 0 saturated carbocycles. The van der Waals surface area contributed by atoms with Gasteiger partial charge in [-0.2, -0.15) is 0 Å². The van der Waals surface area contributed by atoms with Crippen molar-refractivity contribution < 1.29 is 9.47 Å². The monoisotopic (exact) mass is 257 g/mol. The summed E-state index contributed by atoms with van der Waals surface area (Å²) in [5, 5.41) is 0. The van der Waals surface area contributed by atoms with E-state index in [0.29, 0.717) is 19.8 Å². The summed E-state index contributed by atoms with van der Waals surface area (Å²) in [5.74, 6) is 0.885. The van der Waals surface area contributed by atoms with Crippen molar-refractivity contribution in [1.82, 2.24) is 4.98 Å². The number of hydrogen-bond donors (Lipinski definition) is 0. The lowest BCUT2D eigenvalue weighted by Crippen LogP contribution is -2.08. The van der Waals surface area contributed by atoms with Gasteiger partial charge < -0.3 is 9.47 Å². The van der Waals surface area contributed by atoms with Gasteiger partial charge in [-0.15, -0.1) is 0 Å². The molecule has 2 rings (SSSR count). The number of ether oxygens (including phenoxy) is 2. The van der Waals surface area contributed by atoms with Crippen molar-refractivity contribution in [2.45, 2.75) is 20.5 Å². The smallest absolute Gasteiger partial charge is 0.125 e. The molecule has 100 valence electrons. The van der Waals surface area contributed by atoms with E-state index < -0.39 is 0 Å². The van der Waals surface area contributed by atoms with Crippen LogP contribution in [0.25, 0.3) is 0 Å². The Bertz CT molecular complexity index is 511. The molecule has 3 nitrogen and oxygen atoms in total. The molecule has 1 aromatic carbocycles. The van der Waals surface area contributed by atoms with Gasteiger partial charge in [-0.05, 0) is 25.5 Å². The molecule has 1 heterocycles. The van der Waals surface area contributed by atoms with Crippen molar-refractivity contribution in [1.29, 1.82) is 0 Å². The third kappa shape index (κ3) is 4.07. The van der Waals surface area contributed by atoms with Crippen LogP contribution in [0, 0.1) is 13.8 Å². The number of aryl methyl sites for hydroxylation is 1. The molecule has 3 heteroatoms. The molecule has 0 bridgehead atoms. The molecule has 0 aliphatic carbocycles. The lowest BCUT2D eigenvalue weighted by molar-refractivity contribution is 0.0886. The van der Waals surface area contributed by atoms with E-state index in [1.54, 1.807) is 6.20 Å². The first kappa shape index (κ1) is 13.6. The third-order valence-electron chi connectivity index (χ3n) is 3.00. The second-order valence-corrected chi connectivity index (χ2v) is 4.41. The highest BCUT2D eigenvalue weighted by Crippen LogP contribution is 2.18. The maximum absolute atomic E-state index is 5.69. The van der Waals surface area contributed by atoms with Crippen molar-refractivity contribution in [2.75, 3.05) is 13.2 Å². The van der Waals surface area contributed by atoms with E-state index in [0.717, 1.165) is 17.0 Å². The van der Waals surface area contributed by atoms with Crippen molar-refractivity contribution >= 4 is 0 Å². The van der Waals surface area contributed by atoms with Gasteiger partial charge in [0.25, 0.3) is 0 Å². The molecular weight excluding hydrogens is 238 g/mol. The Morgan fingerprint density at radius 3 is 2.58 bits per heavy atom. The number of nitrogens with zero attached hydrogens (tertiary/aromatic N) is 1. The van der Waals surface area contributed by atoms with E-state index in [2.05, 4.69) is 17.1 Å². The Balaban J connectivity index is 1.71. The Morgan fingerprint density at radius 1 is 1.00 bits per heavy atom. The maximum Gasteiger partial charge on any atom is 0.125 e. The Morgan fingerprint density at radius 2 is 1.79 bits per heavy atom. The van der Waals surface area contributed by atoms with Gasteiger partial charge in [0, 0.05) is 17.5 Å². The van der Waals surface area contributed by atoms with Crippen LogP contribution in [0.3, 0.4) is 0 Å². The normalized spacial score (nSPS) is 10.4. The van der Waals surface area contributed by atoms with Gasteiger partial charge in [0.2, 0.25) is 0 Å². The summed E-state index contributed by atoms with van der Waals surface area (Å²) in [6.07, 6.45) is 1.77. The highest BCUT2D eigenvalue weighted by atomic mass is 16.5. The standard InChI is InChI=1S/C16H19NO2/c1-13-14(2)17-9-8-16(13)19-11-10-18-12-15-6-4-3-5-7-15/h3-9H,10-12H2,1-2H3. The second-order valence-electron chi connectivity index (χ2n) is 4.41. The third-order valence-corrected chi connectivity index (χ3v) is 3.00. The van der Waals surface area contributed by atoms with Gasteiger partial charge in [-0.25, -0.2) is 0 Å². The lowest BCUT2D eigenvalue weighted by atomic mass is 10.2. The minimum Gasteiger partial charge on any atom is -0.491 e. The molecule has 0 atom stereocenters. The van der Waals surface area contributed by atoms with Gasteiger partial charge in [0.15, 0.2) is 0 Å². The highest BCUT2D eigenvalue weighted by Gasteiger charge is 2.02. The average Bonchev–Trinajstić information content (AvgIpc) is 2.44. The van der Waals surface area contributed by atoms with Crippen LogP contribution >= 0.6 is 0 Å². The summed E-state index contributed by atoms with van der Waals surface area (Å²) in [5.41, 5.74) is 3.27. The number of hydrogen-bond acceptors (Lipinski definition) is 3. The fraction of sp³-hybridized carbons (Fsp3) is 0.312. The Labute approximate surface area is 114 Å². The second kappa shape index (κ2) is 6.90. The molecule has 0 aliphatic heterocycles. The average molecular weight is 257 g/mol. The summed E-state index contributed by atoms with van der Waals surface area (Å²) in [7, 11) is 0. The Kier molecular flexibility index (Phi) is 4.93. The van der Waals surface area contributed by atoms with Crippen molar-refractivity contribution in [3.05, 3.63) is 59.4 Å². The van der Waals surface area contributed by atoms with Crippen LogP contribution in [0.15, 0.2) is 42.6 Å². The predicted octanol–water partition coefficient (Wildman–Crippen LogP) is 3.29. The SMILES string of the molecule is Cc1nccc(OCCOCc2ccccc2)c1C. The van der Waals surface area contributed by atoms with Crippen molar-refractivity contribution in [3.8, 4) is 5.75 Å². The first-order valence-electron chi connectivity index (χ1n) is 6.44. The van der Waals surface area contributed by atoms with Crippen LogP contribution < -0.4 is 4.74 Å². The van der Waals surface area contributed by atoms with Crippen LogP contribution in [0.2, 0.25) is 0 Å². The van der Waals surface area contributed by atoms with Gasteiger partial charge >= 0.3 is 0 Å².